The van der Waals surface area contributed by atoms with E-state index in [1.807, 2.05) is 156 Å². The number of rotatable bonds is 20. The van der Waals surface area contributed by atoms with Gasteiger partial charge in [-0.15, -0.1) is 140 Å². The van der Waals surface area contributed by atoms with Crippen LogP contribution in [-0.2, 0) is 99.6 Å². The average Bonchev–Trinajstić information content (AvgIpc) is 0.830. The molecular weight excluding hydrogens is 2230 g/mol. The number of carbonyl (C=O) groups excluding carboxylic acids is 4. The third-order valence-electron chi connectivity index (χ3n) is 18.6. The number of aryl methyl sites for hydroxylation is 8. The van der Waals surface area contributed by atoms with E-state index in [1.54, 1.807) is 0 Å². The second-order valence-electron chi connectivity index (χ2n) is 31.5. The summed E-state index contributed by atoms with van der Waals surface area (Å²) in [6.45, 7) is 42.9. The molecule has 0 spiro atoms. The Morgan fingerprint density at radius 3 is 0.844 bits per heavy atom. The molecule has 0 fully saturated rings. The molecule has 4 N–H and O–H groups in total. The van der Waals surface area contributed by atoms with E-state index in [2.05, 4.69) is 201 Å². The van der Waals surface area contributed by atoms with Gasteiger partial charge in [0, 0.05) is 141 Å². The van der Waals surface area contributed by atoms with E-state index in [9.17, 15) is 34.5 Å². The van der Waals surface area contributed by atoms with Crippen LogP contribution in [0.1, 0.15) is 180 Å². The van der Waals surface area contributed by atoms with Crippen LogP contribution in [0.2, 0.25) is 0 Å². The van der Waals surface area contributed by atoms with Crippen molar-refractivity contribution < 1.29 is 120 Å². The molecule has 16 heteroatoms. The van der Waals surface area contributed by atoms with Crippen molar-refractivity contribution in [1.29, 1.82) is 0 Å². The molecule has 656 valence electrons. The first-order chi connectivity index (χ1) is 56.0. The van der Waals surface area contributed by atoms with Gasteiger partial charge in [0.05, 0.1) is 45.1 Å². The number of pyridine rings is 4. The molecule has 0 saturated heterocycles. The molecule has 0 saturated carbocycles. The van der Waals surface area contributed by atoms with Crippen molar-refractivity contribution in [3.05, 3.63) is 310 Å². The predicted molar refractivity (Wildman–Crippen MR) is 493 cm³/mol. The summed E-state index contributed by atoms with van der Waals surface area (Å²) in [5, 5.41) is 41.3. The van der Waals surface area contributed by atoms with Crippen LogP contribution in [0, 0.1) is 115 Å². The molecule has 122 heavy (non-hydrogen) atoms. The minimum absolute atomic E-state index is 0. The van der Waals surface area contributed by atoms with E-state index in [-0.39, 0.29) is 150 Å². The smallest absolute Gasteiger partial charge is 0.162 e. The number of nitrogens with zero attached hydrogens (tertiary/aromatic N) is 4. The van der Waals surface area contributed by atoms with Gasteiger partial charge in [-0.05, 0) is 120 Å². The van der Waals surface area contributed by atoms with E-state index in [0.717, 1.165) is 115 Å². The summed E-state index contributed by atoms with van der Waals surface area (Å²) in [7, 11) is 0. The fourth-order valence-electron chi connectivity index (χ4n) is 12.7. The topological polar surface area (TPSA) is 201 Å². The van der Waals surface area contributed by atoms with E-state index in [0.29, 0.717) is 24.7 Å². The van der Waals surface area contributed by atoms with Crippen LogP contribution in [0.15, 0.2) is 241 Å². The van der Waals surface area contributed by atoms with Crippen molar-refractivity contribution in [2.75, 3.05) is 0 Å². The first-order valence-electron chi connectivity index (χ1n) is 41.1. The summed E-state index contributed by atoms with van der Waals surface area (Å²) in [6, 6.07) is 79.9. The molecule has 4 heterocycles. The number of benzene rings is 8. The van der Waals surface area contributed by atoms with Crippen LogP contribution in [-0.4, -0.2) is 63.5 Å². The molecule has 12 rings (SSSR count). The Balaban J connectivity index is 0.000000703. The SMILES string of the molecule is CC(=O)C=C(C)O.CC(C)C(=O)C=C(O)C(C)C.CC(C)CC(=O)C=C(O)CC(C)C.CCC(CC)C(=O)C=C(O)C(CC)CC.Cc1[c-]c(-c2ccc3ccccc3n2)cc(C)c1.Cc1[c-]c(-c2ccc3ccccc3n2)cc(C)c1.Cc1[c-]c(-c2ccc3ccccc3n2)cc(C)c1.Cc1[c-]c(-c2ccc3ccccc3n2)cc(C)c1.[Ir].[Ir].[Ir].[Ir]. The largest absolute Gasteiger partial charge is 0.512 e. The van der Waals surface area contributed by atoms with Crippen LogP contribution in [0.25, 0.3) is 88.6 Å². The van der Waals surface area contributed by atoms with Crippen molar-refractivity contribution in [2.24, 2.45) is 35.5 Å². The minimum Gasteiger partial charge on any atom is -0.512 e. The van der Waals surface area contributed by atoms with Crippen molar-refractivity contribution >= 4 is 66.7 Å². The fraction of sp³-hybridized carbons (Fsp3) is 0.321. The number of para-hydroxylation sites is 4. The summed E-state index contributed by atoms with van der Waals surface area (Å²) in [4.78, 5) is 62.7. The summed E-state index contributed by atoms with van der Waals surface area (Å²) in [6.07, 6.45) is 9.85. The molecule has 8 aromatic carbocycles. The van der Waals surface area contributed by atoms with Crippen LogP contribution in [0.5, 0.6) is 0 Å². The van der Waals surface area contributed by atoms with Gasteiger partial charge < -0.3 is 20.4 Å². The van der Waals surface area contributed by atoms with Crippen LogP contribution in [0.3, 0.4) is 0 Å². The Hall–Kier alpha value is -9.16. The summed E-state index contributed by atoms with van der Waals surface area (Å²) in [5.41, 5.74) is 21.9. The zero-order valence-electron chi connectivity index (χ0n) is 75.0. The van der Waals surface area contributed by atoms with Gasteiger partial charge in [-0.25, -0.2) is 0 Å². The molecule has 4 aromatic heterocycles. The van der Waals surface area contributed by atoms with Crippen molar-refractivity contribution in [2.45, 2.75) is 191 Å². The average molecular weight is 2350 g/mol. The molecule has 12 aromatic rings. The van der Waals surface area contributed by atoms with E-state index >= 15 is 0 Å². The first kappa shape index (κ1) is 111. The minimum atomic E-state index is -0.125. The molecule has 0 bridgehead atoms. The molecule has 0 aliphatic heterocycles. The van der Waals surface area contributed by atoms with Gasteiger partial charge in [-0.2, -0.15) is 0 Å². The molecule has 12 nitrogen and oxygen atoms in total. The summed E-state index contributed by atoms with van der Waals surface area (Å²) >= 11 is 0. The second-order valence-corrected chi connectivity index (χ2v) is 31.5. The zero-order chi connectivity index (χ0) is 87.3. The van der Waals surface area contributed by atoms with Gasteiger partial charge in [-0.3, -0.25) is 39.1 Å². The Bertz CT molecular complexity index is 4830. The molecule has 0 aliphatic carbocycles. The van der Waals surface area contributed by atoms with Crippen molar-refractivity contribution in [3.63, 3.8) is 0 Å². The number of hydrogen-bond donors (Lipinski definition) is 4. The number of aliphatic hydroxyl groups excluding tert-OH is 4. The number of ketones is 4. The van der Waals surface area contributed by atoms with Crippen LogP contribution in [0.4, 0.5) is 0 Å². The van der Waals surface area contributed by atoms with E-state index < -0.39 is 0 Å². The van der Waals surface area contributed by atoms with E-state index in [4.69, 9.17) is 25.0 Å². The monoisotopic (exact) mass is 2350 g/mol. The van der Waals surface area contributed by atoms with Gasteiger partial charge in [0.1, 0.15) is 0 Å². The summed E-state index contributed by atoms with van der Waals surface area (Å²) in [5.74, 6) is 1.62. The summed E-state index contributed by atoms with van der Waals surface area (Å²) < 4.78 is 0. The maximum atomic E-state index is 11.7. The Morgan fingerprint density at radius 1 is 0.336 bits per heavy atom. The maximum absolute atomic E-state index is 11.7. The maximum Gasteiger partial charge on any atom is 0.162 e. The van der Waals surface area contributed by atoms with Crippen LogP contribution >= 0.6 is 0 Å². The number of carbonyl (C=O) groups is 4. The number of aromatic nitrogens is 4. The Labute approximate surface area is 781 Å². The van der Waals surface area contributed by atoms with Crippen LogP contribution < -0.4 is 0 Å². The van der Waals surface area contributed by atoms with Gasteiger partial charge in [0.2, 0.25) is 0 Å². The fourth-order valence-corrected chi connectivity index (χ4v) is 12.7. The van der Waals surface area contributed by atoms with Gasteiger partial charge in [0.15, 0.2) is 23.1 Å². The zero-order valence-corrected chi connectivity index (χ0v) is 84.6. The predicted octanol–water partition coefficient (Wildman–Crippen LogP) is 27.6. The number of fused-ring (bicyclic) bond motifs is 4. The number of aliphatic hydroxyl groups is 4. The third-order valence-corrected chi connectivity index (χ3v) is 18.6. The van der Waals surface area contributed by atoms with Gasteiger partial charge >= 0.3 is 0 Å². The van der Waals surface area contributed by atoms with E-state index in [1.165, 1.54) is 82.0 Å². The standard InChI is InChI=1S/4C17H14N.C13H24O2.C11H20O2.C9H16O2.C5H8O2.4Ir/c4*1-12-9-13(2)11-15(10-12)17-8-7-14-5-3-4-6-16(14)18-17;1-5-10(6-2)12(14)9-13(15)11(7-3)8-4;1-8(2)5-10(12)7-11(13)6-9(3)4;1-6(2)8(10)5-9(11)7(3)4;1-4(6)3-5(2)7;;;;/h4*3-10H,1-2H3;9-11,14H,5-8H2,1-4H3;7-9,12H,5-6H2,1-4H3;5-7,10H,1-4H3;3,6H,1-2H3;;;;/q4*-1;;;;;;;;. The Kier molecular flexibility index (Phi) is 52.1. The Morgan fingerprint density at radius 2 is 0.615 bits per heavy atom. The molecule has 4 radical (unpaired) electrons. The number of allylic oxidation sites excluding steroid dienone is 8. The first-order valence-corrected chi connectivity index (χ1v) is 41.1. The molecule has 0 aliphatic rings. The number of hydrogen-bond acceptors (Lipinski definition) is 12. The van der Waals surface area contributed by atoms with Gasteiger partial charge in [-0.1, -0.05) is 260 Å². The quantitative estimate of drug-likeness (QED) is 0.0320. The normalized spacial score (nSPS) is 11.0. The third kappa shape index (κ3) is 40.0. The molecule has 0 unspecified atom stereocenters. The molecule has 0 amide bonds. The van der Waals surface area contributed by atoms with Crippen molar-refractivity contribution in [1.82, 2.24) is 19.9 Å². The molecular formula is C106H124Ir4N4O8-4. The molecule has 0 atom stereocenters. The second kappa shape index (κ2) is 57.3. The van der Waals surface area contributed by atoms with Gasteiger partial charge in [0.25, 0.3) is 0 Å². The van der Waals surface area contributed by atoms with Crippen molar-refractivity contribution in [3.8, 4) is 45.0 Å².